The molecule has 5 heteroatoms. The van der Waals surface area contributed by atoms with E-state index in [1.807, 2.05) is 6.07 Å². The van der Waals surface area contributed by atoms with Crippen molar-refractivity contribution in [1.29, 1.82) is 0 Å². The van der Waals surface area contributed by atoms with Crippen LogP contribution >= 0.6 is 38.5 Å². The van der Waals surface area contributed by atoms with Crippen LogP contribution in [0.15, 0.2) is 27.6 Å². The Bertz CT molecular complexity index is 523. The molecule has 0 atom stereocenters. The van der Waals surface area contributed by atoms with E-state index in [0.29, 0.717) is 10.1 Å². The number of hydrogen-bond acceptors (Lipinski definition) is 2. The molecular formula is C8H4BrIN2O. The van der Waals surface area contributed by atoms with Gasteiger partial charge in [-0.15, -0.1) is 0 Å². The quantitative estimate of drug-likeness (QED) is 0.741. The largest absolute Gasteiger partial charge is 0.306 e. The molecule has 0 saturated carbocycles. The molecule has 0 aliphatic carbocycles. The maximum atomic E-state index is 11.2. The van der Waals surface area contributed by atoms with Crippen LogP contribution in [0.2, 0.25) is 0 Å². The van der Waals surface area contributed by atoms with Gasteiger partial charge in [0.15, 0.2) is 0 Å². The van der Waals surface area contributed by atoms with E-state index < -0.39 is 0 Å². The summed E-state index contributed by atoms with van der Waals surface area (Å²) in [5, 5.41) is 0.929. The van der Waals surface area contributed by atoms with Gasteiger partial charge < -0.3 is 4.98 Å². The first-order valence-corrected chi connectivity index (χ1v) is 5.38. The Morgan fingerprint density at radius 1 is 1.46 bits per heavy atom. The molecule has 2 aromatic heterocycles. The summed E-state index contributed by atoms with van der Waals surface area (Å²) in [4.78, 5) is 17.9. The summed E-state index contributed by atoms with van der Waals surface area (Å²) in [5.41, 5.74) is 0.467. The lowest BCUT2D eigenvalue weighted by molar-refractivity contribution is 1.21. The summed E-state index contributed by atoms with van der Waals surface area (Å²) in [6.07, 6.45) is 1.72. The summed E-state index contributed by atoms with van der Waals surface area (Å²) in [6, 6.07) is 3.73. The lowest BCUT2D eigenvalue weighted by atomic mass is 10.3. The van der Waals surface area contributed by atoms with Crippen molar-refractivity contribution in [2.45, 2.75) is 0 Å². The maximum Gasteiger partial charge on any atom is 0.263 e. The van der Waals surface area contributed by atoms with E-state index in [0.717, 1.165) is 8.96 Å². The monoisotopic (exact) mass is 350 g/mol. The van der Waals surface area contributed by atoms with Crippen molar-refractivity contribution in [3.8, 4) is 0 Å². The van der Waals surface area contributed by atoms with Crippen LogP contribution in [0.1, 0.15) is 0 Å². The Balaban J connectivity index is 2.89. The second kappa shape index (κ2) is 3.38. The van der Waals surface area contributed by atoms with E-state index in [1.165, 1.54) is 0 Å². The van der Waals surface area contributed by atoms with Gasteiger partial charge in [0.05, 0.1) is 4.47 Å². The Labute approximate surface area is 95.8 Å². The van der Waals surface area contributed by atoms with Crippen molar-refractivity contribution in [3.63, 3.8) is 0 Å². The van der Waals surface area contributed by atoms with Gasteiger partial charge in [-0.3, -0.25) is 4.79 Å². The molecule has 0 bridgehead atoms. The van der Waals surface area contributed by atoms with Crippen LogP contribution in [0.25, 0.3) is 11.0 Å². The number of aromatic nitrogens is 2. The van der Waals surface area contributed by atoms with Gasteiger partial charge in [-0.25, -0.2) is 4.98 Å². The topological polar surface area (TPSA) is 45.8 Å². The smallest absolute Gasteiger partial charge is 0.263 e. The number of aromatic amines is 1. The number of halogens is 2. The standard InChI is InChI=1S/C8H4BrIN2O/c9-6-2-4-1-5(10)3-11-7(4)12-8(6)13/h1-3H,(H,11,12,13). The van der Waals surface area contributed by atoms with Crippen molar-refractivity contribution in [2.75, 3.05) is 0 Å². The van der Waals surface area contributed by atoms with E-state index in [2.05, 4.69) is 48.5 Å². The molecule has 0 amide bonds. The number of nitrogens with zero attached hydrogens (tertiary/aromatic N) is 1. The third-order valence-electron chi connectivity index (χ3n) is 1.61. The second-order valence-corrected chi connectivity index (χ2v) is 4.64. The third kappa shape index (κ3) is 1.76. The molecular weight excluding hydrogens is 347 g/mol. The number of hydrogen-bond donors (Lipinski definition) is 1. The van der Waals surface area contributed by atoms with Gasteiger partial charge in [-0.05, 0) is 50.7 Å². The van der Waals surface area contributed by atoms with E-state index in [4.69, 9.17) is 0 Å². The fourth-order valence-corrected chi connectivity index (χ4v) is 1.86. The van der Waals surface area contributed by atoms with Crippen molar-refractivity contribution in [2.24, 2.45) is 0 Å². The number of H-pyrrole nitrogens is 1. The number of nitrogens with one attached hydrogen (secondary N) is 1. The highest BCUT2D eigenvalue weighted by Gasteiger charge is 2.00. The average molecular weight is 351 g/mol. The maximum absolute atomic E-state index is 11.2. The molecule has 1 N–H and O–H groups in total. The van der Waals surface area contributed by atoms with Crippen molar-refractivity contribution < 1.29 is 0 Å². The minimum absolute atomic E-state index is 0.152. The fourth-order valence-electron chi connectivity index (χ4n) is 1.04. The fraction of sp³-hybridized carbons (Fsp3) is 0. The summed E-state index contributed by atoms with van der Waals surface area (Å²) in [6.45, 7) is 0. The molecule has 0 aliphatic heterocycles. The highest BCUT2D eigenvalue weighted by atomic mass is 127. The van der Waals surface area contributed by atoms with Crippen molar-refractivity contribution in [1.82, 2.24) is 9.97 Å². The first-order chi connectivity index (χ1) is 6.16. The molecule has 2 aromatic rings. The number of fused-ring (bicyclic) bond motifs is 1. The molecule has 0 unspecified atom stereocenters. The zero-order valence-corrected chi connectivity index (χ0v) is 10.1. The normalized spacial score (nSPS) is 10.6. The van der Waals surface area contributed by atoms with Gasteiger partial charge in [0.1, 0.15) is 5.65 Å². The highest BCUT2D eigenvalue weighted by molar-refractivity contribution is 14.1. The highest BCUT2D eigenvalue weighted by Crippen LogP contribution is 2.14. The predicted octanol–water partition coefficient (Wildman–Crippen LogP) is 2.29. The van der Waals surface area contributed by atoms with Crippen LogP contribution in [0, 0.1) is 3.57 Å². The third-order valence-corrected chi connectivity index (χ3v) is 2.79. The van der Waals surface area contributed by atoms with Gasteiger partial charge in [0.25, 0.3) is 5.56 Å². The molecule has 13 heavy (non-hydrogen) atoms. The molecule has 2 heterocycles. The van der Waals surface area contributed by atoms with Gasteiger partial charge in [0, 0.05) is 15.2 Å². The minimum atomic E-state index is -0.152. The Morgan fingerprint density at radius 2 is 2.23 bits per heavy atom. The lowest BCUT2D eigenvalue weighted by Gasteiger charge is -1.97. The summed E-state index contributed by atoms with van der Waals surface area (Å²) in [7, 11) is 0. The Hall–Kier alpha value is -0.430. The van der Waals surface area contributed by atoms with Gasteiger partial charge >= 0.3 is 0 Å². The molecule has 0 radical (unpaired) electrons. The minimum Gasteiger partial charge on any atom is -0.306 e. The molecule has 0 fully saturated rings. The molecule has 0 aromatic carbocycles. The summed E-state index contributed by atoms with van der Waals surface area (Å²) in [5.74, 6) is 0. The molecule has 0 spiro atoms. The van der Waals surface area contributed by atoms with Crippen LogP contribution in [0.3, 0.4) is 0 Å². The van der Waals surface area contributed by atoms with Crippen molar-refractivity contribution in [3.05, 3.63) is 36.7 Å². The van der Waals surface area contributed by atoms with Gasteiger partial charge in [-0.1, -0.05) is 0 Å². The zero-order chi connectivity index (χ0) is 9.42. The molecule has 0 aliphatic rings. The SMILES string of the molecule is O=c1[nH]c2ncc(I)cc2cc1Br. The van der Waals surface area contributed by atoms with Gasteiger partial charge in [-0.2, -0.15) is 0 Å². The summed E-state index contributed by atoms with van der Waals surface area (Å²) >= 11 is 5.35. The van der Waals surface area contributed by atoms with Crippen LogP contribution in [0.4, 0.5) is 0 Å². The van der Waals surface area contributed by atoms with Gasteiger partial charge in [0.2, 0.25) is 0 Å². The van der Waals surface area contributed by atoms with E-state index in [9.17, 15) is 4.79 Å². The Morgan fingerprint density at radius 3 is 3.00 bits per heavy atom. The molecule has 0 saturated heterocycles. The lowest BCUT2D eigenvalue weighted by Crippen LogP contribution is -2.06. The van der Waals surface area contributed by atoms with Crippen LogP contribution < -0.4 is 5.56 Å². The van der Waals surface area contributed by atoms with E-state index >= 15 is 0 Å². The molecule has 3 nitrogen and oxygen atoms in total. The van der Waals surface area contributed by atoms with Crippen LogP contribution in [0.5, 0.6) is 0 Å². The van der Waals surface area contributed by atoms with E-state index in [-0.39, 0.29) is 5.56 Å². The van der Waals surface area contributed by atoms with Crippen LogP contribution in [-0.2, 0) is 0 Å². The average Bonchev–Trinajstić information content (AvgIpc) is 2.08. The predicted molar refractivity (Wildman–Crippen MR) is 62.8 cm³/mol. The Kier molecular flexibility index (Phi) is 2.37. The zero-order valence-electron chi connectivity index (χ0n) is 6.34. The first-order valence-electron chi connectivity index (χ1n) is 3.51. The number of rotatable bonds is 0. The number of pyridine rings is 2. The molecule has 2 rings (SSSR count). The van der Waals surface area contributed by atoms with Crippen LogP contribution in [-0.4, -0.2) is 9.97 Å². The summed E-state index contributed by atoms with van der Waals surface area (Å²) < 4.78 is 1.58. The molecule has 66 valence electrons. The first kappa shape index (κ1) is 9.14. The second-order valence-electron chi connectivity index (χ2n) is 2.54. The van der Waals surface area contributed by atoms with E-state index in [1.54, 1.807) is 12.3 Å². The van der Waals surface area contributed by atoms with Crippen molar-refractivity contribution >= 4 is 49.6 Å².